The van der Waals surface area contributed by atoms with Gasteiger partial charge in [0.15, 0.2) is 9.84 Å². The molecule has 1 saturated carbocycles. The SMILES string of the molecule is CN(CCS(=O)(=O)c1ccc(C#N)cc1)CC1CCCCC1O. The molecule has 5 nitrogen and oxygen atoms in total. The summed E-state index contributed by atoms with van der Waals surface area (Å²) < 4.78 is 24.7. The Hall–Kier alpha value is -1.42. The molecule has 1 aromatic rings. The van der Waals surface area contributed by atoms with E-state index in [0.29, 0.717) is 12.1 Å². The molecule has 1 N–H and O–H groups in total. The van der Waals surface area contributed by atoms with Crippen LogP contribution in [-0.4, -0.2) is 50.4 Å². The van der Waals surface area contributed by atoms with Crippen molar-refractivity contribution in [3.05, 3.63) is 29.8 Å². The summed E-state index contributed by atoms with van der Waals surface area (Å²) in [5, 5.41) is 18.8. The number of hydrogen-bond donors (Lipinski definition) is 1. The third-order valence-corrected chi connectivity index (χ3v) is 6.21. The summed E-state index contributed by atoms with van der Waals surface area (Å²) in [5.74, 6) is 0.282. The largest absolute Gasteiger partial charge is 0.393 e. The molecule has 0 amide bonds. The number of aliphatic hydroxyl groups excluding tert-OH is 1. The lowest BCUT2D eigenvalue weighted by atomic mass is 9.86. The van der Waals surface area contributed by atoms with Gasteiger partial charge in [-0.2, -0.15) is 5.26 Å². The Morgan fingerprint density at radius 2 is 1.91 bits per heavy atom. The minimum atomic E-state index is -3.35. The number of sulfone groups is 1. The number of benzene rings is 1. The van der Waals surface area contributed by atoms with Gasteiger partial charge in [-0.1, -0.05) is 12.8 Å². The first-order valence-electron chi connectivity index (χ1n) is 8.02. The monoisotopic (exact) mass is 336 g/mol. The van der Waals surface area contributed by atoms with Crippen molar-refractivity contribution in [2.45, 2.75) is 36.7 Å². The van der Waals surface area contributed by atoms with Gasteiger partial charge in [0.25, 0.3) is 0 Å². The van der Waals surface area contributed by atoms with Crippen molar-refractivity contribution in [2.24, 2.45) is 5.92 Å². The Morgan fingerprint density at radius 3 is 2.52 bits per heavy atom. The molecule has 2 atom stereocenters. The van der Waals surface area contributed by atoms with Gasteiger partial charge in [0.1, 0.15) is 0 Å². The lowest BCUT2D eigenvalue weighted by molar-refractivity contribution is 0.0525. The summed E-state index contributed by atoms with van der Waals surface area (Å²) in [6, 6.07) is 7.99. The molecule has 1 aromatic carbocycles. The van der Waals surface area contributed by atoms with E-state index in [2.05, 4.69) is 0 Å². The van der Waals surface area contributed by atoms with Crippen LogP contribution in [0.1, 0.15) is 31.2 Å². The van der Waals surface area contributed by atoms with Crippen LogP contribution >= 0.6 is 0 Å². The van der Waals surface area contributed by atoms with Crippen LogP contribution in [0, 0.1) is 17.2 Å². The molecule has 0 spiro atoms. The minimum Gasteiger partial charge on any atom is -0.393 e. The molecule has 1 aliphatic carbocycles. The zero-order chi connectivity index (χ0) is 16.9. The van der Waals surface area contributed by atoms with E-state index in [-0.39, 0.29) is 22.7 Å². The summed E-state index contributed by atoms with van der Waals surface area (Å²) in [4.78, 5) is 2.24. The molecular formula is C17H24N2O3S. The Kier molecular flexibility index (Phi) is 6.17. The summed E-state index contributed by atoms with van der Waals surface area (Å²) in [6.07, 6.45) is 3.81. The molecule has 2 rings (SSSR count). The fourth-order valence-electron chi connectivity index (χ4n) is 3.02. The van der Waals surface area contributed by atoms with Gasteiger partial charge >= 0.3 is 0 Å². The molecule has 0 bridgehead atoms. The van der Waals surface area contributed by atoms with Crippen molar-refractivity contribution in [2.75, 3.05) is 25.9 Å². The van der Waals surface area contributed by atoms with Gasteiger partial charge in [-0.3, -0.25) is 0 Å². The maximum Gasteiger partial charge on any atom is 0.179 e. The number of rotatable bonds is 6. The van der Waals surface area contributed by atoms with E-state index in [9.17, 15) is 13.5 Å². The molecule has 0 radical (unpaired) electrons. The van der Waals surface area contributed by atoms with Crippen molar-refractivity contribution in [1.82, 2.24) is 4.90 Å². The van der Waals surface area contributed by atoms with Crippen LogP contribution in [0.2, 0.25) is 0 Å². The first kappa shape index (κ1) is 17.9. The maximum absolute atomic E-state index is 12.3. The molecule has 0 saturated heterocycles. The second-order valence-corrected chi connectivity index (χ2v) is 8.44. The smallest absolute Gasteiger partial charge is 0.179 e. The van der Waals surface area contributed by atoms with Gasteiger partial charge < -0.3 is 10.0 Å². The molecule has 2 unspecified atom stereocenters. The topological polar surface area (TPSA) is 81.4 Å². The standard InChI is InChI=1S/C17H24N2O3S/c1-19(13-15-4-2-3-5-17(15)20)10-11-23(21,22)16-8-6-14(12-18)7-9-16/h6-9,15,17,20H,2-5,10-11,13H2,1H3. The van der Waals surface area contributed by atoms with E-state index in [0.717, 1.165) is 32.2 Å². The summed E-state index contributed by atoms with van der Waals surface area (Å²) in [5.41, 5.74) is 0.451. The molecule has 1 aliphatic rings. The highest BCUT2D eigenvalue weighted by molar-refractivity contribution is 7.91. The van der Waals surface area contributed by atoms with Crippen molar-refractivity contribution < 1.29 is 13.5 Å². The lowest BCUT2D eigenvalue weighted by Gasteiger charge is -2.31. The molecule has 23 heavy (non-hydrogen) atoms. The molecule has 126 valence electrons. The highest BCUT2D eigenvalue weighted by atomic mass is 32.2. The zero-order valence-electron chi connectivity index (χ0n) is 13.5. The van der Waals surface area contributed by atoms with Crippen LogP contribution in [0.25, 0.3) is 0 Å². The fraction of sp³-hybridized carbons (Fsp3) is 0.588. The van der Waals surface area contributed by atoms with Gasteiger partial charge in [-0.25, -0.2) is 8.42 Å². The lowest BCUT2D eigenvalue weighted by Crippen LogP contribution is -2.37. The second kappa shape index (κ2) is 7.91. The van der Waals surface area contributed by atoms with Gasteiger partial charge in [-0.15, -0.1) is 0 Å². The van der Waals surface area contributed by atoms with Crippen LogP contribution < -0.4 is 0 Å². The Bertz CT molecular complexity index is 649. The molecule has 6 heteroatoms. The van der Waals surface area contributed by atoms with E-state index >= 15 is 0 Å². The van der Waals surface area contributed by atoms with Gasteiger partial charge in [-0.05, 0) is 50.1 Å². The third kappa shape index (κ3) is 5.03. The van der Waals surface area contributed by atoms with E-state index in [1.54, 1.807) is 0 Å². The predicted octanol–water partition coefficient (Wildman–Crippen LogP) is 1.81. The zero-order valence-corrected chi connectivity index (χ0v) is 14.3. The molecule has 0 aliphatic heterocycles. The predicted molar refractivity (Wildman–Crippen MR) is 88.7 cm³/mol. The third-order valence-electron chi connectivity index (χ3n) is 4.50. The Balaban J connectivity index is 1.89. The Morgan fingerprint density at radius 1 is 1.26 bits per heavy atom. The van der Waals surface area contributed by atoms with E-state index in [1.165, 1.54) is 24.3 Å². The maximum atomic E-state index is 12.3. The van der Waals surface area contributed by atoms with Crippen molar-refractivity contribution in [1.29, 1.82) is 5.26 Å². The van der Waals surface area contributed by atoms with Gasteiger partial charge in [0.2, 0.25) is 0 Å². The number of nitriles is 1. The fourth-order valence-corrected chi connectivity index (χ4v) is 4.36. The number of hydrogen-bond acceptors (Lipinski definition) is 5. The van der Waals surface area contributed by atoms with Gasteiger partial charge in [0, 0.05) is 13.1 Å². The van der Waals surface area contributed by atoms with E-state index in [1.807, 2.05) is 18.0 Å². The van der Waals surface area contributed by atoms with E-state index < -0.39 is 9.84 Å². The highest BCUT2D eigenvalue weighted by Gasteiger charge is 2.24. The molecule has 1 fully saturated rings. The average Bonchev–Trinajstić information content (AvgIpc) is 2.55. The second-order valence-electron chi connectivity index (χ2n) is 6.33. The van der Waals surface area contributed by atoms with Crippen LogP contribution in [0.4, 0.5) is 0 Å². The highest BCUT2D eigenvalue weighted by Crippen LogP contribution is 2.25. The first-order chi connectivity index (χ1) is 10.9. The van der Waals surface area contributed by atoms with E-state index in [4.69, 9.17) is 5.26 Å². The van der Waals surface area contributed by atoms with Crippen LogP contribution in [-0.2, 0) is 9.84 Å². The van der Waals surface area contributed by atoms with Crippen molar-refractivity contribution >= 4 is 9.84 Å². The van der Waals surface area contributed by atoms with Crippen LogP contribution in [0.3, 0.4) is 0 Å². The number of nitrogens with zero attached hydrogens (tertiary/aromatic N) is 2. The Labute approximate surface area is 138 Å². The molecule has 0 aromatic heterocycles. The summed E-state index contributed by atoms with van der Waals surface area (Å²) in [7, 11) is -1.45. The summed E-state index contributed by atoms with van der Waals surface area (Å²) >= 11 is 0. The van der Waals surface area contributed by atoms with Crippen molar-refractivity contribution in [3.63, 3.8) is 0 Å². The molecular weight excluding hydrogens is 312 g/mol. The van der Waals surface area contributed by atoms with Gasteiger partial charge in [0.05, 0.1) is 28.4 Å². The van der Waals surface area contributed by atoms with Crippen molar-refractivity contribution in [3.8, 4) is 6.07 Å². The van der Waals surface area contributed by atoms with Crippen LogP contribution in [0.15, 0.2) is 29.2 Å². The van der Waals surface area contributed by atoms with Crippen LogP contribution in [0.5, 0.6) is 0 Å². The minimum absolute atomic E-state index is 0.0399. The molecule has 0 heterocycles. The average molecular weight is 336 g/mol. The number of aliphatic hydroxyl groups is 1. The quantitative estimate of drug-likeness (QED) is 0.857. The summed E-state index contributed by atoms with van der Waals surface area (Å²) in [6.45, 7) is 1.16. The normalized spacial score (nSPS) is 22.0. The first-order valence-corrected chi connectivity index (χ1v) is 9.67.